The molecule has 6 nitrogen and oxygen atoms in total. The number of allylic oxidation sites excluding steroid dienone is 1. The average molecular weight is 442 g/mol. The molecule has 1 atom stereocenters. The minimum absolute atomic E-state index is 0.0550. The quantitative estimate of drug-likeness (QED) is 0.662. The number of ether oxygens (including phenoxy) is 1. The molecular formula is C22H20ClN3O3S. The van der Waals surface area contributed by atoms with Gasteiger partial charge in [0.05, 0.1) is 29.0 Å². The zero-order chi connectivity index (χ0) is 21.5. The minimum atomic E-state index is -0.360. The fraction of sp³-hybridized carbons (Fsp3) is 0.227. The van der Waals surface area contributed by atoms with Crippen molar-refractivity contribution in [2.45, 2.75) is 19.3 Å². The Bertz CT molecular complexity index is 998. The predicted octanol–water partition coefficient (Wildman–Crippen LogP) is 4.45. The number of anilines is 1. The second-order valence-electron chi connectivity index (χ2n) is 6.51. The molecule has 0 saturated heterocycles. The van der Waals surface area contributed by atoms with E-state index in [2.05, 4.69) is 16.7 Å². The first-order chi connectivity index (χ1) is 14.5. The predicted molar refractivity (Wildman–Crippen MR) is 118 cm³/mol. The van der Waals surface area contributed by atoms with Crippen molar-refractivity contribution in [1.29, 1.82) is 5.26 Å². The van der Waals surface area contributed by atoms with Gasteiger partial charge in [0.1, 0.15) is 5.75 Å². The highest BCUT2D eigenvalue weighted by Crippen LogP contribution is 2.36. The number of nitrogens with zero attached hydrogens (tertiary/aromatic N) is 1. The van der Waals surface area contributed by atoms with Gasteiger partial charge in [-0.3, -0.25) is 9.59 Å². The lowest BCUT2D eigenvalue weighted by atomic mass is 9.87. The van der Waals surface area contributed by atoms with Crippen LogP contribution in [0.15, 0.2) is 59.1 Å². The molecule has 0 unspecified atom stereocenters. The molecule has 0 saturated carbocycles. The van der Waals surface area contributed by atoms with Gasteiger partial charge in [-0.2, -0.15) is 5.26 Å². The van der Waals surface area contributed by atoms with Crippen LogP contribution < -0.4 is 15.4 Å². The highest BCUT2D eigenvalue weighted by atomic mass is 35.5. The highest BCUT2D eigenvalue weighted by molar-refractivity contribution is 8.03. The number of rotatable bonds is 7. The van der Waals surface area contributed by atoms with Gasteiger partial charge in [-0.1, -0.05) is 35.5 Å². The molecule has 0 spiro atoms. The van der Waals surface area contributed by atoms with Gasteiger partial charge in [-0.15, -0.1) is 0 Å². The van der Waals surface area contributed by atoms with Crippen LogP contribution in [0.1, 0.15) is 24.8 Å². The standard InChI is InChI=1S/C22H20ClN3O3S/c1-2-29-17-9-3-14(4-10-17)18-11-20(27)26-22(19(18)12-24)30-13-21(28)25-16-7-5-15(23)6-8-16/h3-10,18H,2,11,13H2,1H3,(H,25,28)(H,26,27)/t18-/m1/s1. The molecule has 154 valence electrons. The second-order valence-corrected chi connectivity index (χ2v) is 7.93. The lowest BCUT2D eigenvalue weighted by molar-refractivity contribution is -0.121. The summed E-state index contributed by atoms with van der Waals surface area (Å²) >= 11 is 6.98. The molecule has 1 aliphatic rings. The Labute approximate surface area is 184 Å². The smallest absolute Gasteiger partial charge is 0.234 e. The molecule has 2 amide bonds. The van der Waals surface area contributed by atoms with Crippen molar-refractivity contribution in [2.24, 2.45) is 0 Å². The van der Waals surface area contributed by atoms with Crippen molar-refractivity contribution >= 4 is 40.9 Å². The van der Waals surface area contributed by atoms with Crippen molar-refractivity contribution in [3.8, 4) is 11.8 Å². The van der Waals surface area contributed by atoms with Crippen LogP contribution in [0.5, 0.6) is 5.75 Å². The van der Waals surface area contributed by atoms with E-state index >= 15 is 0 Å². The van der Waals surface area contributed by atoms with Gasteiger partial charge in [-0.05, 0) is 48.9 Å². The van der Waals surface area contributed by atoms with Crippen LogP contribution in [0.3, 0.4) is 0 Å². The molecule has 2 aromatic carbocycles. The molecule has 0 fully saturated rings. The molecule has 2 aromatic rings. The number of benzene rings is 2. The molecule has 0 bridgehead atoms. The maximum atomic E-state index is 12.3. The number of carbonyl (C=O) groups is 2. The minimum Gasteiger partial charge on any atom is -0.494 e. The summed E-state index contributed by atoms with van der Waals surface area (Å²) in [7, 11) is 0. The zero-order valence-electron chi connectivity index (χ0n) is 16.3. The molecular weight excluding hydrogens is 422 g/mol. The number of hydrogen-bond acceptors (Lipinski definition) is 5. The number of hydrogen-bond donors (Lipinski definition) is 2. The van der Waals surface area contributed by atoms with Gasteiger partial charge in [0.2, 0.25) is 11.8 Å². The van der Waals surface area contributed by atoms with Crippen LogP contribution >= 0.6 is 23.4 Å². The number of thioether (sulfide) groups is 1. The summed E-state index contributed by atoms with van der Waals surface area (Å²) in [4.78, 5) is 24.5. The lowest BCUT2D eigenvalue weighted by Gasteiger charge is -2.25. The molecule has 1 aliphatic heterocycles. The SMILES string of the molecule is CCOc1ccc([C@H]2CC(=O)NC(SCC(=O)Nc3ccc(Cl)cc3)=C2C#N)cc1. The third kappa shape index (κ3) is 5.56. The van der Waals surface area contributed by atoms with Crippen molar-refractivity contribution in [3.63, 3.8) is 0 Å². The van der Waals surface area contributed by atoms with Crippen LogP contribution in [0.2, 0.25) is 5.02 Å². The fourth-order valence-electron chi connectivity index (χ4n) is 3.05. The van der Waals surface area contributed by atoms with E-state index in [4.69, 9.17) is 16.3 Å². The van der Waals surface area contributed by atoms with Gasteiger partial charge < -0.3 is 15.4 Å². The molecule has 0 aliphatic carbocycles. The molecule has 0 aromatic heterocycles. The first-order valence-corrected chi connectivity index (χ1v) is 10.7. The molecule has 2 N–H and O–H groups in total. The summed E-state index contributed by atoms with van der Waals surface area (Å²) < 4.78 is 5.45. The van der Waals surface area contributed by atoms with E-state index in [0.29, 0.717) is 27.9 Å². The van der Waals surface area contributed by atoms with E-state index in [9.17, 15) is 14.9 Å². The molecule has 1 heterocycles. The summed E-state index contributed by atoms with van der Waals surface area (Å²) in [6.07, 6.45) is 0.178. The van der Waals surface area contributed by atoms with Crippen molar-refractivity contribution in [1.82, 2.24) is 5.32 Å². The van der Waals surface area contributed by atoms with E-state index < -0.39 is 0 Å². The van der Waals surface area contributed by atoms with E-state index in [1.54, 1.807) is 24.3 Å². The highest BCUT2D eigenvalue weighted by Gasteiger charge is 2.29. The van der Waals surface area contributed by atoms with Gasteiger partial charge in [-0.25, -0.2) is 0 Å². The Morgan fingerprint density at radius 1 is 1.27 bits per heavy atom. The second kappa shape index (κ2) is 10.2. The third-order valence-corrected chi connectivity index (χ3v) is 5.69. The van der Waals surface area contributed by atoms with Crippen LogP contribution in [0, 0.1) is 11.3 Å². The number of nitriles is 1. The van der Waals surface area contributed by atoms with E-state index in [1.807, 2.05) is 31.2 Å². The lowest BCUT2D eigenvalue weighted by Crippen LogP contribution is -2.31. The normalized spacial score (nSPS) is 15.9. The van der Waals surface area contributed by atoms with E-state index in [-0.39, 0.29) is 29.9 Å². The van der Waals surface area contributed by atoms with Crippen molar-refractivity contribution in [3.05, 3.63) is 69.7 Å². The Balaban J connectivity index is 1.72. The number of carbonyl (C=O) groups excluding carboxylic acids is 2. The maximum absolute atomic E-state index is 12.3. The topological polar surface area (TPSA) is 91.2 Å². The van der Waals surface area contributed by atoms with Crippen LogP contribution in [0.25, 0.3) is 0 Å². The first-order valence-electron chi connectivity index (χ1n) is 9.35. The van der Waals surface area contributed by atoms with Crippen LogP contribution in [-0.4, -0.2) is 24.2 Å². The number of nitrogens with one attached hydrogen (secondary N) is 2. The summed E-state index contributed by atoms with van der Waals surface area (Å²) in [5.41, 5.74) is 1.93. The summed E-state index contributed by atoms with van der Waals surface area (Å²) in [5.74, 6) is -0.00357. The van der Waals surface area contributed by atoms with E-state index in [1.165, 1.54) is 0 Å². The van der Waals surface area contributed by atoms with E-state index in [0.717, 1.165) is 23.1 Å². The van der Waals surface area contributed by atoms with Crippen molar-refractivity contribution in [2.75, 3.05) is 17.7 Å². The average Bonchev–Trinajstić information content (AvgIpc) is 2.74. The largest absolute Gasteiger partial charge is 0.494 e. The molecule has 3 rings (SSSR count). The third-order valence-electron chi connectivity index (χ3n) is 4.43. The summed E-state index contributed by atoms with van der Waals surface area (Å²) in [6, 6.07) is 16.4. The van der Waals surface area contributed by atoms with Gasteiger partial charge in [0, 0.05) is 23.0 Å². The molecule has 8 heteroatoms. The molecule has 0 radical (unpaired) electrons. The number of amides is 2. The Hall–Kier alpha value is -2.95. The Kier molecular flexibility index (Phi) is 7.39. The zero-order valence-corrected chi connectivity index (χ0v) is 17.8. The Morgan fingerprint density at radius 2 is 1.97 bits per heavy atom. The van der Waals surface area contributed by atoms with Gasteiger partial charge >= 0.3 is 0 Å². The summed E-state index contributed by atoms with van der Waals surface area (Å²) in [6.45, 7) is 2.47. The summed E-state index contributed by atoms with van der Waals surface area (Å²) in [5, 5.41) is 16.2. The number of halogens is 1. The fourth-order valence-corrected chi connectivity index (χ4v) is 4.05. The van der Waals surface area contributed by atoms with Crippen molar-refractivity contribution < 1.29 is 14.3 Å². The monoisotopic (exact) mass is 441 g/mol. The van der Waals surface area contributed by atoms with Gasteiger partial charge in [0.15, 0.2) is 0 Å². The van der Waals surface area contributed by atoms with Gasteiger partial charge in [0.25, 0.3) is 0 Å². The Morgan fingerprint density at radius 3 is 2.60 bits per heavy atom. The molecule has 30 heavy (non-hydrogen) atoms. The maximum Gasteiger partial charge on any atom is 0.234 e. The first kappa shape index (κ1) is 21.8. The van der Waals surface area contributed by atoms with Crippen LogP contribution in [0.4, 0.5) is 5.69 Å². The van der Waals surface area contributed by atoms with Crippen LogP contribution in [-0.2, 0) is 9.59 Å².